The first-order valence-electron chi connectivity index (χ1n) is 9.96. The molecule has 27 heavy (non-hydrogen) atoms. The van der Waals surface area contributed by atoms with Gasteiger partial charge in [-0.05, 0) is 26.2 Å². The highest BCUT2D eigenvalue weighted by Gasteiger charge is 2.59. The zero-order chi connectivity index (χ0) is 18.0. The molecular formula is C19H32IN5O2. The molecule has 0 amide bonds. The van der Waals surface area contributed by atoms with Gasteiger partial charge in [0.25, 0.3) is 0 Å². The molecule has 0 bridgehead atoms. The number of piperazine rings is 1. The van der Waals surface area contributed by atoms with Crippen LogP contribution in [0.15, 0.2) is 21.8 Å². The Hall–Kier alpha value is -0.870. The van der Waals surface area contributed by atoms with Crippen molar-refractivity contribution in [2.45, 2.75) is 51.3 Å². The van der Waals surface area contributed by atoms with Gasteiger partial charge in [-0.15, -0.1) is 24.0 Å². The molecule has 0 aromatic carbocycles. The minimum Gasteiger partial charge on any atom is -0.378 e. The molecule has 2 saturated carbocycles. The van der Waals surface area contributed by atoms with E-state index >= 15 is 0 Å². The highest BCUT2D eigenvalue weighted by Crippen LogP contribution is 2.57. The molecule has 1 aromatic heterocycles. The van der Waals surface area contributed by atoms with Crippen molar-refractivity contribution >= 4 is 29.9 Å². The minimum absolute atomic E-state index is 0. The molecule has 1 saturated heterocycles. The van der Waals surface area contributed by atoms with E-state index in [2.05, 4.69) is 32.2 Å². The van der Waals surface area contributed by atoms with Crippen LogP contribution in [-0.2, 0) is 11.3 Å². The van der Waals surface area contributed by atoms with Crippen LogP contribution < -0.4 is 5.32 Å². The van der Waals surface area contributed by atoms with E-state index in [9.17, 15) is 0 Å². The molecule has 2 atom stereocenters. The lowest BCUT2D eigenvalue weighted by Crippen LogP contribution is -2.69. The minimum atomic E-state index is 0. The van der Waals surface area contributed by atoms with Crippen LogP contribution in [0.25, 0.3) is 0 Å². The van der Waals surface area contributed by atoms with Crippen LogP contribution in [0, 0.1) is 5.41 Å². The molecule has 7 nitrogen and oxygen atoms in total. The van der Waals surface area contributed by atoms with Crippen molar-refractivity contribution in [3.8, 4) is 0 Å². The fraction of sp³-hybridized carbons (Fsp3) is 0.789. The molecule has 2 heterocycles. The van der Waals surface area contributed by atoms with Crippen LogP contribution in [0.4, 0.5) is 0 Å². The third kappa shape index (κ3) is 4.12. The van der Waals surface area contributed by atoms with E-state index in [0.29, 0.717) is 17.6 Å². The van der Waals surface area contributed by atoms with Crippen molar-refractivity contribution in [1.82, 2.24) is 20.3 Å². The van der Waals surface area contributed by atoms with Crippen LogP contribution in [0.3, 0.4) is 0 Å². The second-order valence-corrected chi connectivity index (χ2v) is 7.76. The molecule has 4 rings (SSSR count). The Morgan fingerprint density at radius 1 is 1.37 bits per heavy atom. The summed E-state index contributed by atoms with van der Waals surface area (Å²) in [4.78, 5) is 9.38. The average molecular weight is 489 g/mol. The number of aromatic nitrogens is 1. The fourth-order valence-electron chi connectivity index (χ4n) is 4.76. The number of halogens is 1. The maximum atomic E-state index is 5.98. The molecule has 8 heteroatoms. The monoisotopic (exact) mass is 489 g/mol. The Balaban J connectivity index is 0.00000210. The topological polar surface area (TPSA) is 66.1 Å². The fourth-order valence-corrected chi connectivity index (χ4v) is 4.76. The summed E-state index contributed by atoms with van der Waals surface area (Å²) in [6, 6.07) is 2.45. The normalized spacial score (nSPS) is 27.6. The van der Waals surface area contributed by atoms with E-state index in [0.717, 1.165) is 57.4 Å². The van der Waals surface area contributed by atoms with Gasteiger partial charge in [-0.2, -0.15) is 0 Å². The molecular weight excluding hydrogens is 457 g/mol. The van der Waals surface area contributed by atoms with Crippen molar-refractivity contribution in [2.24, 2.45) is 10.4 Å². The summed E-state index contributed by atoms with van der Waals surface area (Å²) < 4.78 is 10.9. The third-order valence-electron chi connectivity index (χ3n) is 6.50. The second kappa shape index (κ2) is 9.09. The molecule has 2 aliphatic carbocycles. The van der Waals surface area contributed by atoms with Gasteiger partial charge >= 0.3 is 0 Å². The predicted octanol–water partition coefficient (Wildman–Crippen LogP) is 2.33. The lowest BCUT2D eigenvalue weighted by molar-refractivity contribution is -0.169. The molecule has 1 aliphatic heterocycles. The Morgan fingerprint density at radius 2 is 2.15 bits per heavy atom. The highest BCUT2D eigenvalue weighted by molar-refractivity contribution is 14.0. The number of hydrogen-bond acceptors (Lipinski definition) is 5. The van der Waals surface area contributed by atoms with Crippen LogP contribution in [0.1, 0.15) is 38.3 Å². The Labute approximate surface area is 178 Å². The van der Waals surface area contributed by atoms with Crippen molar-refractivity contribution in [3.63, 3.8) is 0 Å². The van der Waals surface area contributed by atoms with Gasteiger partial charge in [-0.25, -0.2) is 0 Å². The van der Waals surface area contributed by atoms with Crippen LogP contribution in [0.5, 0.6) is 0 Å². The van der Waals surface area contributed by atoms with E-state index < -0.39 is 0 Å². The van der Waals surface area contributed by atoms with Gasteiger partial charge in [0.1, 0.15) is 6.26 Å². The molecule has 3 aliphatic rings. The first kappa shape index (κ1) is 20.9. The van der Waals surface area contributed by atoms with Crippen molar-refractivity contribution in [1.29, 1.82) is 0 Å². The lowest BCUT2D eigenvalue weighted by atomic mass is 9.51. The smallest absolute Gasteiger partial charge is 0.193 e. The van der Waals surface area contributed by atoms with E-state index in [-0.39, 0.29) is 24.0 Å². The van der Waals surface area contributed by atoms with E-state index in [4.69, 9.17) is 9.26 Å². The SMILES string of the molecule is CCOC1CC(NC(=NC)N2CCN(Cc3ccon3)CC2)C12CCC2.I. The molecule has 152 valence electrons. The van der Waals surface area contributed by atoms with Crippen molar-refractivity contribution in [2.75, 3.05) is 39.8 Å². The zero-order valence-corrected chi connectivity index (χ0v) is 18.7. The summed E-state index contributed by atoms with van der Waals surface area (Å²) in [5.41, 5.74) is 1.37. The number of guanidine groups is 1. The number of hydrogen-bond donors (Lipinski definition) is 1. The van der Waals surface area contributed by atoms with Gasteiger partial charge in [-0.3, -0.25) is 9.89 Å². The summed E-state index contributed by atoms with van der Waals surface area (Å²) in [7, 11) is 1.90. The van der Waals surface area contributed by atoms with Crippen LogP contribution >= 0.6 is 24.0 Å². The summed E-state index contributed by atoms with van der Waals surface area (Å²) >= 11 is 0. The van der Waals surface area contributed by atoms with Crippen molar-refractivity contribution in [3.05, 3.63) is 18.0 Å². The maximum Gasteiger partial charge on any atom is 0.193 e. The highest BCUT2D eigenvalue weighted by atomic mass is 127. The van der Waals surface area contributed by atoms with Gasteiger partial charge in [0, 0.05) is 63.9 Å². The first-order valence-corrected chi connectivity index (χ1v) is 9.96. The summed E-state index contributed by atoms with van der Waals surface area (Å²) in [6.45, 7) is 7.80. The Bertz CT molecular complexity index is 612. The van der Waals surface area contributed by atoms with Crippen LogP contribution in [-0.4, -0.2) is 72.9 Å². The molecule has 1 aromatic rings. The predicted molar refractivity (Wildman–Crippen MR) is 115 cm³/mol. The third-order valence-corrected chi connectivity index (χ3v) is 6.50. The van der Waals surface area contributed by atoms with Gasteiger partial charge in [0.2, 0.25) is 0 Å². The Morgan fingerprint density at radius 3 is 2.70 bits per heavy atom. The number of nitrogens with zero attached hydrogens (tertiary/aromatic N) is 4. The van der Waals surface area contributed by atoms with Crippen molar-refractivity contribution < 1.29 is 9.26 Å². The van der Waals surface area contributed by atoms with E-state index in [1.807, 2.05) is 13.1 Å². The summed E-state index contributed by atoms with van der Waals surface area (Å²) in [6.07, 6.45) is 7.11. The van der Waals surface area contributed by atoms with Gasteiger partial charge in [0.05, 0.1) is 11.8 Å². The quantitative estimate of drug-likeness (QED) is 0.389. The molecule has 3 fully saturated rings. The molecule has 1 spiro atoms. The zero-order valence-electron chi connectivity index (χ0n) is 16.4. The average Bonchev–Trinajstić information content (AvgIpc) is 3.10. The van der Waals surface area contributed by atoms with Gasteiger partial charge in [0.15, 0.2) is 5.96 Å². The van der Waals surface area contributed by atoms with Crippen LogP contribution in [0.2, 0.25) is 0 Å². The number of aliphatic imine (C=N–C) groups is 1. The van der Waals surface area contributed by atoms with Gasteiger partial charge < -0.3 is 19.5 Å². The largest absolute Gasteiger partial charge is 0.378 e. The maximum absolute atomic E-state index is 5.98. The van der Waals surface area contributed by atoms with E-state index in [1.165, 1.54) is 19.3 Å². The van der Waals surface area contributed by atoms with Gasteiger partial charge in [-0.1, -0.05) is 11.6 Å². The standard InChI is InChI=1S/C19H31N5O2.HI/c1-3-25-17-13-16(19(17)6-4-7-19)21-18(20-2)24-10-8-23(9-11-24)14-15-5-12-26-22-15;/h5,12,16-17H,3-4,6-11,13-14H2,1-2H3,(H,20,21);1H. The summed E-state index contributed by atoms with van der Waals surface area (Å²) in [5, 5.41) is 7.78. The Kier molecular flexibility index (Phi) is 7.02. The molecule has 0 radical (unpaired) electrons. The second-order valence-electron chi connectivity index (χ2n) is 7.76. The molecule has 1 N–H and O–H groups in total. The lowest BCUT2D eigenvalue weighted by Gasteiger charge is -2.61. The summed E-state index contributed by atoms with van der Waals surface area (Å²) in [5.74, 6) is 1.05. The number of nitrogens with one attached hydrogen (secondary N) is 1. The number of ether oxygens (including phenoxy) is 1. The first-order chi connectivity index (χ1) is 12.7. The number of rotatable bonds is 5. The molecule has 2 unspecified atom stereocenters. The van der Waals surface area contributed by atoms with E-state index in [1.54, 1.807) is 6.26 Å².